The largest absolute Gasteiger partial charge is 0.323 e. The van der Waals surface area contributed by atoms with Crippen molar-refractivity contribution in [2.45, 2.75) is 20.8 Å². The van der Waals surface area contributed by atoms with Crippen LogP contribution in [-0.2, 0) is 0 Å². The fourth-order valence-corrected chi connectivity index (χ4v) is 2.65. The molecule has 0 atom stereocenters. The highest BCUT2D eigenvalue weighted by molar-refractivity contribution is 6.05. The number of Topliss-reactive ketones (excluding diaryl/α,β-unsaturated/α-hetero) is 1. The number of nitrogens with one attached hydrogen (secondary N) is 2. The standard InChI is InChI=1S/C19H18N4O2/c1-11-6-7-14(10-15(11)13(3)24)22-19(25)23-17-9-12(2)21-16-5-4-8-20-18(16)17/h4-10H,1-3H3,(H2,21,22,23,25). The first-order chi connectivity index (χ1) is 11.9. The van der Waals surface area contributed by atoms with Crippen LogP contribution >= 0.6 is 0 Å². The molecule has 0 saturated carbocycles. The zero-order valence-electron chi connectivity index (χ0n) is 14.3. The van der Waals surface area contributed by atoms with Gasteiger partial charge in [0.1, 0.15) is 5.52 Å². The number of aryl methyl sites for hydroxylation is 2. The van der Waals surface area contributed by atoms with E-state index < -0.39 is 6.03 Å². The minimum Gasteiger partial charge on any atom is -0.308 e. The Labute approximate surface area is 145 Å². The predicted octanol–water partition coefficient (Wildman–Crippen LogP) is 4.09. The van der Waals surface area contributed by atoms with Gasteiger partial charge in [-0.3, -0.25) is 14.8 Å². The van der Waals surface area contributed by atoms with Gasteiger partial charge >= 0.3 is 6.03 Å². The first-order valence-electron chi connectivity index (χ1n) is 7.86. The van der Waals surface area contributed by atoms with Crippen LogP contribution in [0.25, 0.3) is 11.0 Å². The van der Waals surface area contributed by atoms with E-state index in [1.807, 2.05) is 19.9 Å². The predicted molar refractivity (Wildman–Crippen MR) is 98.1 cm³/mol. The van der Waals surface area contributed by atoms with Crippen LogP contribution in [0.3, 0.4) is 0 Å². The lowest BCUT2D eigenvalue weighted by atomic mass is 10.0. The Morgan fingerprint density at radius 2 is 1.84 bits per heavy atom. The zero-order chi connectivity index (χ0) is 18.0. The Kier molecular flexibility index (Phi) is 4.43. The molecule has 0 spiro atoms. The van der Waals surface area contributed by atoms with E-state index >= 15 is 0 Å². The number of anilines is 2. The third-order valence-electron chi connectivity index (χ3n) is 3.81. The zero-order valence-corrected chi connectivity index (χ0v) is 14.3. The number of aromatic nitrogens is 2. The van der Waals surface area contributed by atoms with E-state index in [9.17, 15) is 9.59 Å². The van der Waals surface area contributed by atoms with Crippen molar-refractivity contribution in [3.63, 3.8) is 0 Å². The number of rotatable bonds is 3. The van der Waals surface area contributed by atoms with Gasteiger partial charge in [0.15, 0.2) is 5.78 Å². The molecule has 0 aliphatic heterocycles. The fraction of sp³-hybridized carbons (Fsp3) is 0.158. The number of pyridine rings is 2. The SMILES string of the molecule is CC(=O)c1cc(NC(=O)Nc2cc(C)nc3cccnc23)ccc1C. The number of nitrogens with zero attached hydrogens (tertiary/aromatic N) is 2. The molecule has 0 unspecified atom stereocenters. The van der Waals surface area contributed by atoms with Gasteiger partial charge in [-0.15, -0.1) is 0 Å². The number of amides is 2. The normalized spacial score (nSPS) is 10.5. The number of carbonyl (C=O) groups is 2. The minimum absolute atomic E-state index is 0.0403. The number of fused-ring (bicyclic) bond motifs is 1. The Hall–Kier alpha value is -3.28. The molecule has 0 saturated heterocycles. The number of hydrogen-bond acceptors (Lipinski definition) is 4. The highest BCUT2D eigenvalue weighted by atomic mass is 16.2. The third-order valence-corrected chi connectivity index (χ3v) is 3.81. The number of hydrogen-bond donors (Lipinski definition) is 2. The molecule has 3 rings (SSSR count). The van der Waals surface area contributed by atoms with E-state index in [1.165, 1.54) is 6.92 Å². The van der Waals surface area contributed by atoms with Crippen LogP contribution in [0, 0.1) is 13.8 Å². The second kappa shape index (κ2) is 6.68. The molecule has 0 aliphatic rings. The topological polar surface area (TPSA) is 84.0 Å². The number of ketones is 1. The average molecular weight is 334 g/mol. The maximum Gasteiger partial charge on any atom is 0.323 e. The molecule has 0 fully saturated rings. The summed E-state index contributed by atoms with van der Waals surface area (Å²) in [6, 6.07) is 10.2. The highest BCUT2D eigenvalue weighted by Gasteiger charge is 2.10. The maximum absolute atomic E-state index is 12.3. The summed E-state index contributed by atoms with van der Waals surface area (Å²) >= 11 is 0. The van der Waals surface area contributed by atoms with Crippen LogP contribution in [-0.4, -0.2) is 21.8 Å². The van der Waals surface area contributed by atoms with E-state index in [0.29, 0.717) is 28.0 Å². The van der Waals surface area contributed by atoms with Crippen LogP contribution in [0.5, 0.6) is 0 Å². The van der Waals surface area contributed by atoms with Crippen LogP contribution in [0.2, 0.25) is 0 Å². The van der Waals surface area contributed by atoms with Gasteiger partial charge in [0.25, 0.3) is 0 Å². The lowest BCUT2D eigenvalue weighted by molar-refractivity contribution is 0.101. The molecule has 6 nitrogen and oxygen atoms in total. The molecule has 2 amide bonds. The third kappa shape index (κ3) is 3.63. The molecule has 0 aliphatic carbocycles. The van der Waals surface area contributed by atoms with E-state index in [0.717, 1.165) is 11.3 Å². The van der Waals surface area contributed by atoms with Gasteiger partial charge in [-0.2, -0.15) is 0 Å². The molecule has 6 heteroatoms. The van der Waals surface area contributed by atoms with Gasteiger partial charge in [0.05, 0.1) is 11.2 Å². The summed E-state index contributed by atoms with van der Waals surface area (Å²) in [6.45, 7) is 5.22. The van der Waals surface area contributed by atoms with E-state index in [2.05, 4.69) is 20.6 Å². The van der Waals surface area contributed by atoms with E-state index in [1.54, 1.807) is 36.5 Å². The average Bonchev–Trinajstić information content (AvgIpc) is 2.56. The van der Waals surface area contributed by atoms with Crippen LogP contribution in [0.15, 0.2) is 42.6 Å². The number of carbonyl (C=O) groups excluding carboxylic acids is 2. The van der Waals surface area contributed by atoms with Crippen molar-refractivity contribution in [3.8, 4) is 0 Å². The Bertz CT molecular complexity index is 982. The molecule has 2 aromatic heterocycles. The summed E-state index contributed by atoms with van der Waals surface area (Å²) in [7, 11) is 0. The summed E-state index contributed by atoms with van der Waals surface area (Å²) in [5.74, 6) is -0.0403. The first kappa shape index (κ1) is 16.6. The van der Waals surface area contributed by atoms with Gasteiger partial charge in [0, 0.05) is 23.1 Å². The van der Waals surface area contributed by atoms with Crippen molar-refractivity contribution in [1.29, 1.82) is 0 Å². The summed E-state index contributed by atoms with van der Waals surface area (Å²) in [5.41, 5.74) is 4.72. The fourth-order valence-electron chi connectivity index (χ4n) is 2.65. The minimum atomic E-state index is -0.407. The maximum atomic E-state index is 12.3. The second-order valence-corrected chi connectivity index (χ2v) is 5.85. The monoisotopic (exact) mass is 334 g/mol. The molecular weight excluding hydrogens is 316 g/mol. The summed E-state index contributed by atoms with van der Waals surface area (Å²) < 4.78 is 0. The van der Waals surface area contributed by atoms with Crippen molar-refractivity contribution < 1.29 is 9.59 Å². The van der Waals surface area contributed by atoms with Crippen molar-refractivity contribution in [2.75, 3.05) is 10.6 Å². The van der Waals surface area contributed by atoms with E-state index in [-0.39, 0.29) is 5.78 Å². The van der Waals surface area contributed by atoms with Gasteiger partial charge in [0.2, 0.25) is 0 Å². The van der Waals surface area contributed by atoms with Crippen molar-refractivity contribution in [3.05, 3.63) is 59.4 Å². The van der Waals surface area contributed by atoms with Gasteiger partial charge in [-0.1, -0.05) is 6.07 Å². The van der Waals surface area contributed by atoms with Crippen molar-refractivity contribution in [2.24, 2.45) is 0 Å². The molecule has 3 aromatic rings. The molecule has 2 heterocycles. The number of benzene rings is 1. The van der Waals surface area contributed by atoms with E-state index in [4.69, 9.17) is 0 Å². The van der Waals surface area contributed by atoms with Gasteiger partial charge in [-0.25, -0.2) is 4.79 Å². The summed E-state index contributed by atoms with van der Waals surface area (Å²) in [5, 5.41) is 5.55. The molecular formula is C19H18N4O2. The highest BCUT2D eigenvalue weighted by Crippen LogP contribution is 2.21. The molecule has 0 radical (unpaired) electrons. The molecule has 126 valence electrons. The Morgan fingerprint density at radius 1 is 1.04 bits per heavy atom. The lowest BCUT2D eigenvalue weighted by Crippen LogP contribution is -2.20. The van der Waals surface area contributed by atoms with Crippen molar-refractivity contribution >= 4 is 34.2 Å². The smallest absolute Gasteiger partial charge is 0.308 e. The molecule has 25 heavy (non-hydrogen) atoms. The summed E-state index contributed by atoms with van der Waals surface area (Å²) in [6.07, 6.45) is 1.65. The quantitative estimate of drug-likeness (QED) is 0.707. The van der Waals surface area contributed by atoms with Crippen LogP contribution in [0.4, 0.5) is 16.2 Å². The Morgan fingerprint density at radius 3 is 2.60 bits per heavy atom. The van der Waals surface area contributed by atoms with Gasteiger partial charge < -0.3 is 10.6 Å². The Balaban J connectivity index is 1.84. The van der Waals surface area contributed by atoms with Crippen LogP contribution in [0.1, 0.15) is 28.5 Å². The first-order valence-corrected chi connectivity index (χ1v) is 7.86. The van der Waals surface area contributed by atoms with Crippen LogP contribution < -0.4 is 10.6 Å². The second-order valence-electron chi connectivity index (χ2n) is 5.85. The van der Waals surface area contributed by atoms with Gasteiger partial charge in [-0.05, 0) is 56.7 Å². The molecule has 1 aromatic carbocycles. The molecule has 0 bridgehead atoms. The number of urea groups is 1. The molecule has 2 N–H and O–H groups in total. The lowest BCUT2D eigenvalue weighted by Gasteiger charge is -2.11. The summed E-state index contributed by atoms with van der Waals surface area (Å²) in [4.78, 5) is 32.7. The van der Waals surface area contributed by atoms with Crippen molar-refractivity contribution in [1.82, 2.24) is 9.97 Å².